The molecule has 0 saturated heterocycles. The van der Waals surface area contributed by atoms with Gasteiger partial charge in [-0.1, -0.05) is 24.1 Å². The smallest absolute Gasteiger partial charge is 0.324 e. The van der Waals surface area contributed by atoms with Crippen molar-refractivity contribution in [3.05, 3.63) is 59.2 Å². The topological polar surface area (TPSA) is 107 Å². The number of carbonyl (C=O) groups excluding carboxylic acids is 3. The van der Waals surface area contributed by atoms with Gasteiger partial charge < -0.3 is 4.84 Å². The van der Waals surface area contributed by atoms with Crippen LogP contribution < -0.4 is 0 Å². The van der Waals surface area contributed by atoms with Crippen LogP contribution in [0.2, 0.25) is 0 Å². The van der Waals surface area contributed by atoms with E-state index in [4.69, 9.17) is 4.84 Å². The molecule has 4 rings (SSSR count). The van der Waals surface area contributed by atoms with E-state index in [2.05, 4.69) is 15.1 Å². The molecule has 0 atom stereocenters. The fraction of sp³-hybridized carbons (Fsp3) is 0.125. The quantitative estimate of drug-likeness (QED) is 0.658. The van der Waals surface area contributed by atoms with Gasteiger partial charge in [-0.15, -0.1) is 0 Å². The van der Waals surface area contributed by atoms with E-state index in [0.29, 0.717) is 23.0 Å². The van der Waals surface area contributed by atoms with Crippen LogP contribution in [-0.4, -0.2) is 42.4 Å². The van der Waals surface area contributed by atoms with Crippen molar-refractivity contribution in [3.63, 3.8) is 0 Å². The normalized spacial score (nSPS) is 13.4. The van der Waals surface area contributed by atoms with Gasteiger partial charge in [-0.25, -0.2) is 14.3 Å². The number of hydrogen-bond donors (Lipinski definition) is 0. The molecule has 9 nitrogen and oxygen atoms in total. The molecule has 9 heteroatoms. The van der Waals surface area contributed by atoms with E-state index in [1.54, 1.807) is 12.1 Å². The SMILES string of the molecule is CCc1c(C(=O)ON2C(=O)c3ccccc3C2=O)cnc2ncnn12. The highest BCUT2D eigenvalue weighted by Gasteiger charge is 2.39. The molecule has 0 unspecified atom stereocenters. The predicted molar refractivity (Wildman–Crippen MR) is 82.5 cm³/mol. The zero-order valence-corrected chi connectivity index (χ0v) is 13.0. The Balaban J connectivity index is 1.68. The second-order valence-corrected chi connectivity index (χ2v) is 5.27. The minimum absolute atomic E-state index is 0.108. The van der Waals surface area contributed by atoms with Crippen LogP contribution in [0.25, 0.3) is 5.78 Å². The highest BCUT2D eigenvalue weighted by Crippen LogP contribution is 2.23. The van der Waals surface area contributed by atoms with Gasteiger partial charge in [0.25, 0.3) is 17.6 Å². The maximum Gasteiger partial charge on any atom is 0.367 e. The molecule has 0 spiro atoms. The first-order valence-electron chi connectivity index (χ1n) is 7.49. The van der Waals surface area contributed by atoms with Crippen LogP contribution in [0.3, 0.4) is 0 Å². The number of aromatic nitrogens is 4. The molecule has 1 aromatic carbocycles. The zero-order valence-electron chi connectivity index (χ0n) is 13.0. The van der Waals surface area contributed by atoms with Crippen molar-refractivity contribution in [1.29, 1.82) is 0 Å². The van der Waals surface area contributed by atoms with Gasteiger partial charge in [0.2, 0.25) is 0 Å². The molecule has 3 heterocycles. The van der Waals surface area contributed by atoms with Gasteiger partial charge in [0.1, 0.15) is 11.9 Å². The molecular formula is C16H11N5O4. The lowest BCUT2D eigenvalue weighted by molar-refractivity contribution is -0.0586. The first kappa shape index (κ1) is 14.9. The maximum atomic E-state index is 12.5. The van der Waals surface area contributed by atoms with Crippen molar-refractivity contribution in [2.45, 2.75) is 13.3 Å². The van der Waals surface area contributed by atoms with Crippen LogP contribution >= 0.6 is 0 Å². The number of carbonyl (C=O) groups is 3. The van der Waals surface area contributed by atoms with Crippen LogP contribution in [0.4, 0.5) is 0 Å². The Labute approximate surface area is 140 Å². The molecule has 0 fully saturated rings. The maximum absolute atomic E-state index is 12.5. The van der Waals surface area contributed by atoms with E-state index in [9.17, 15) is 14.4 Å². The van der Waals surface area contributed by atoms with Gasteiger partial charge in [0.05, 0.1) is 16.8 Å². The molecule has 0 radical (unpaired) electrons. The number of nitrogens with zero attached hydrogens (tertiary/aromatic N) is 5. The number of amides is 2. The number of fused-ring (bicyclic) bond motifs is 2. The van der Waals surface area contributed by atoms with Gasteiger partial charge in [0.15, 0.2) is 0 Å². The molecule has 1 aliphatic rings. The zero-order chi connectivity index (χ0) is 17.6. The fourth-order valence-corrected chi connectivity index (χ4v) is 2.72. The largest absolute Gasteiger partial charge is 0.367 e. The molecule has 2 aromatic heterocycles. The average molecular weight is 337 g/mol. The Hall–Kier alpha value is -3.62. The predicted octanol–water partition coefficient (Wildman–Crippen LogP) is 1.05. The van der Waals surface area contributed by atoms with E-state index in [1.165, 1.54) is 29.2 Å². The number of rotatable bonds is 3. The standard InChI is InChI=1S/C16H11N5O4/c1-2-12-11(7-17-16-18-8-19-20(12)16)15(24)25-21-13(22)9-5-3-4-6-10(9)14(21)23/h3-8H,2H2,1H3. The summed E-state index contributed by atoms with van der Waals surface area (Å²) in [6.45, 7) is 1.83. The van der Waals surface area contributed by atoms with Crippen molar-refractivity contribution in [2.75, 3.05) is 0 Å². The highest BCUT2D eigenvalue weighted by atomic mass is 16.7. The van der Waals surface area contributed by atoms with E-state index in [1.807, 2.05) is 6.92 Å². The minimum atomic E-state index is -0.865. The van der Waals surface area contributed by atoms with E-state index in [0.717, 1.165) is 0 Å². The van der Waals surface area contributed by atoms with Crippen molar-refractivity contribution in [2.24, 2.45) is 0 Å². The summed E-state index contributed by atoms with van der Waals surface area (Å²) in [5.41, 5.74) is 1.02. The minimum Gasteiger partial charge on any atom is -0.324 e. The van der Waals surface area contributed by atoms with Crippen molar-refractivity contribution in [3.8, 4) is 0 Å². The molecule has 0 aliphatic carbocycles. The van der Waals surface area contributed by atoms with Crippen LogP contribution in [0, 0.1) is 0 Å². The summed E-state index contributed by atoms with van der Waals surface area (Å²) in [6.07, 6.45) is 3.07. The van der Waals surface area contributed by atoms with Crippen LogP contribution in [-0.2, 0) is 11.3 Å². The molecular weight excluding hydrogens is 326 g/mol. The number of imide groups is 1. The lowest BCUT2D eigenvalue weighted by Gasteiger charge is -2.14. The molecule has 25 heavy (non-hydrogen) atoms. The molecule has 0 bridgehead atoms. The first-order valence-corrected chi connectivity index (χ1v) is 7.49. The Morgan fingerprint density at radius 2 is 1.80 bits per heavy atom. The van der Waals surface area contributed by atoms with Crippen LogP contribution in [0.15, 0.2) is 36.8 Å². The molecule has 1 aliphatic heterocycles. The van der Waals surface area contributed by atoms with Gasteiger partial charge in [-0.2, -0.15) is 10.1 Å². The van der Waals surface area contributed by atoms with E-state index < -0.39 is 17.8 Å². The number of hydrogen-bond acceptors (Lipinski definition) is 7. The van der Waals surface area contributed by atoms with E-state index in [-0.39, 0.29) is 16.7 Å². The molecule has 2 amide bonds. The summed E-state index contributed by atoms with van der Waals surface area (Å²) in [5.74, 6) is -1.88. The monoisotopic (exact) mass is 337 g/mol. The Morgan fingerprint density at radius 3 is 2.44 bits per heavy atom. The summed E-state index contributed by atoms with van der Waals surface area (Å²) in [7, 11) is 0. The van der Waals surface area contributed by atoms with Crippen LogP contribution in [0.5, 0.6) is 0 Å². The molecule has 3 aromatic rings. The summed E-state index contributed by atoms with van der Waals surface area (Å²) in [6, 6.07) is 6.27. The summed E-state index contributed by atoms with van der Waals surface area (Å²) in [5, 5.41) is 4.48. The second-order valence-electron chi connectivity index (χ2n) is 5.27. The summed E-state index contributed by atoms with van der Waals surface area (Å²) in [4.78, 5) is 50.1. The Bertz CT molecular complexity index is 1010. The number of aryl methyl sites for hydroxylation is 1. The number of benzene rings is 1. The highest BCUT2D eigenvalue weighted by molar-refractivity contribution is 6.21. The fourth-order valence-electron chi connectivity index (χ4n) is 2.72. The lowest BCUT2D eigenvalue weighted by atomic mass is 10.1. The van der Waals surface area contributed by atoms with Gasteiger partial charge in [-0.3, -0.25) is 9.59 Å². The summed E-state index contributed by atoms with van der Waals surface area (Å²) >= 11 is 0. The third-order valence-corrected chi connectivity index (χ3v) is 3.89. The molecule has 0 saturated carbocycles. The van der Waals surface area contributed by atoms with Crippen molar-refractivity contribution in [1.82, 2.24) is 24.6 Å². The lowest BCUT2D eigenvalue weighted by Crippen LogP contribution is -2.33. The molecule has 0 N–H and O–H groups in total. The summed E-state index contributed by atoms with van der Waals surface area (Å²) < 4.78 is 1.42. The van der Waals surface area contributed by atoms with E-state index >= 15 is 0 Å². The molecule has 124 valence electrons. The van der Waals surface area contributed by atoms with Crippen LogP contribution in [0.1, 0.15) is 43.7 Å². The van der Waals surface area contributed by atoms with Crippen molar-refractivity contribution < 1.29 is 19.2 Å². The third kappa shape index (κ3) is 2.17. The Morgan fingerprint density at radius 1 is 1.12 bits per heavy atom. The van der Waals surface area contributed by atoms with Gasteiger partial charge >= 0.3 is 5.97 Å². The first-order chi connectivity index (χ1) is 12.1. The average Bonchev–Trinajstić information content (AvgIpc) is 3.20. The number of hydroxylamine groups is 2. The third-order valence-electron chi connectivity index (χ3n) is 3.89. The Kier molecular flexibility index (Phi) is 3.27. The second kappa shape index (κ2) is 5.48. The van der Waals surface area contributed by atoms with Gasteiger partial charge in [-0.05, 0) is 18.6 Å². The van der Waals surface area contributed by atoms with Gasteiger partial charge in [0, 0.05) is 6.20 Å². The van der Waals surface area contributed by atoms with Crippen molar-refractivity contribution >= 4 is 23.6 Å².